The summed E-state index contributed by atoms with van der Waals surface area (Å²) in [6, 6.07) is 5.49. The number of hydrogen-bond acceptors (Lipinski definition) is 3. The summed E-state index contributed by atoms with van der Waals surface area (Å²) < 4.78 is 5.90. The third-order valence-electron chi connectivity index (χ3n) is 4.00. The van der Waals surface area contributed by atoms with Crippen molar-refractivity contribution in [1.29, 1.82) is 0 Å². The molecule has 2 amide bonds. The van der Waals surface area contributed by atoms with Crippen LogP contribution in [-0.2, 0) is 9.53 Å². The molecule has 0 bridgehead atoms. The van der Waals surface area contributed by atoms with E-state index in [4.69, 9.17) is 10.5 Å². The number of nitrogens with two attached hydrogens (primary N) is 1. The summed E-state index contributed by atoms with van der Waals surface area (Å²) >= 11 is 3.45. The van der Waals surface area contributed by atoms with Crippen LogP contribution in [0.3, 0.4) is 0 Å². The largest absolute Gasteiger partial charge is 0.382 e. The van der Waals surface area contributed by atoms with Gasteiger partial charge in [-0.3, -0.25) is 9.59 Å². The topological polar surface area (TPSA) is 72.6 Å². The number of carbonyl (C=O) groups is 2. The lowest BCUT2D eigenvalue weighted by Crippen LogP contribution is -2.58. The molecule has 1 atom stereocenters. The minimum Gasteiger partial charge on any atom is -0.382 e. The molecule has 1 unspecified atom stereocenters. The average Bonchev–Trinajstić information content (AvgIpc) is 2.86. The van der Waals surface area contributed by atoms with Crippen LogP contribution in [-0.4, -0.2) is 42.5 Å². The van der Waals surface area contributed by atoms with Crippen LogP contribution >= 0.6 is 15.9 Å². The summed E-state index contributed by atoms with van der Waals surface area (Å²) in [5.41, 5.74) is 6.03. The summed E-state index contributed by atoms with van der Waals surface area (Å²) in [5.74, 6) is -0.710. The Balaban J connectivity index is 2.41. The van der Waals surface area contributed by atoms with Crippen molar-refractivity contribution in [1.82, 2.24) is 4.90 Å². The van der Waals surface area contributed by atoms with Crippen molar-refractivity contribution >= 4 is 27.7 Å². The summed E-state index contributed by atoms with van der Waals surface area (Å²) in [6.07, 6.45) is 1.27. The molecule has 0 spiro atoms. The Morgan fingerprint density at radius 1 is 1.48 bits per heavy atom. The molecule has 1 aliphatic heterocycles. The number of aryl methyl sites for hydroxylation is 1. The molecule has 1 aliphatic rings. The van der Waals surface area contributed by atoms with E-state index in [-0.39, 0.29) is 12.5 Å². The second kappa shape index (κ2) is 6.15. The highest BCUT2D eigenvalue weighted by molar-refractivity contribution is 9.10. The lowest BCUT2D eigenvalue weighted by Gasteiger charge is -2.35. The first-order valence-corrected chi connectivity index (χ1v) is 7.59. The first-order valence-electron chi connectivity index (χ1n) is 6.80. The van der Waals surface area contributed by atoms with E-state index in [1.54, 1.807) is 11.0 Å². The van der Waals surface area contributed by atoms with E-state index in [0.29, 0.717) is 18.5 Å². The number of hydrogen-bond donors (Lipinski definition) is 1. The predicted octanol–water partition coefficient (Wildman–Crippen LogP) is 1.86. The third kappa shape index (κ3) is 2.70. The molecular formula is C15H19BrN2O3. The molecule has 6 heteroatoms. The standard InChI is InChI=1S/C15H19BrN2O3/c1-10-5-3-6-11(12(10)16)13(19)18-8-4-7-15(18,9-21-2)14(17)20/h3,5-6H,4,7-9H2,1-2H3,(H2,17,20). The van der Waals surface area contributed by atoms with Crippen LogP contribution in [0.4, 0.5) is 0 Å². The Morgan fingerprint density at radius 3 is 2.81 bits per heavy atom. The number of primary amides is 1. The van der Waals surface area contributed by atoms with Crippen LogP contribution in [0.25, 0.3) is 0 Å². The maximum Gasteiger partial charge on any atom is 0.255 e. The van der Waals surface area contributed by atoms with Gasteiger partial charge in [0, 0.05) is 18.1 Å². The van der Waals surface area contributed by atoms with Gasteiger partial charge < -0.3 is 15.4 Å². The van der Waals surface area contributed by atoms with E-state index in [9.17, 15) is 9.59 Å². The second-order valence-corrected chi connectivity index (χ2v) is 6.12. The molecule has 0 radical (unpaired) electrons. The third-order valence-corrected chi connectivity index (χ3v) is 5.05. The smallest absolute Gasteiger partial charge is 0.255 e. The van der Waals surface area contributed by atoms with Crippen molar-refractivity contribution < 1.29 is 14.3 Å². The van der Waals surface area contributed by atoms with Gasteiger partial charge in [-0.2, -0.15) is 0 Å². The Labute approximate surface area is 132 Å². The van der Waals surface area contributed by atoms with Crippen LogP contribution in [0.15, 0.2) is 22.7 Å². The van der Waals surface area contributed by atoms with E-state index in [1.165, 1.54) is 7.11 Å². The molecule has 21 heavy (non-hydrogen) atoms. The van der Waals surface area contributed by atoms with Crippen LogP contribution < -0.4 is 5.73 Å². The molecule has 1 heterocycles. The van der Waals surface area contributed by atoms with Gasteiger partial charge in [0.15, 0.2) is 0 Å². The van der Waals surface area contributed by atoms with Crippen LogP contribution in [0, 0.1) is 6.92 Å². The molecule has 0 saturated carbocycles. The van der Waals surface area contributed by atoms with Gasteiger partial charge in [-0.15, -0.1) is 0 Å². The van der Waals surface area contributed by atoms with Crippen molar-refractivity contribution in [2.24, 2.45) is 5.73 Å². The van der Waals surface area contributed by atoms with Crippen molar-refractivity contribution in [2.45, 2.75) is 25.3 Å². The van der Waals surface area contributed by atoms with Crippen LogP contribution in [0.1, 0.15) is 28.8 Å². The predicted molar refractivity (Wildman–Crippen MR) is 83.0 cm³/mol. The zero-order valence-electron chi connectivity index (χ0n) is 12.2. The van der Waals surface area contributed by atoms with Crippen molar-refractivity contribution in [3.8, 4) is 0 Å². The van der Waals surface area contributed by atoms with Crippen molar-refractivity contribution in [3.05, 3.63) is 33.8 Å². The number of carbonyl (C=O) groups excluding carboxylic acids is 2. The molecule has 0 aliphatic carbocycles. The minimum atomic E-state index is -1.05. The number of nitrogens with zero attached hydrogens (tertiary/aromatic N) is 1. The zero-order chi connectivity index (χ0) is 15.6. The van der Waals surface area contributed by atoms with Crippen molar-refractivity contribution in [2.75, 3.05) is 20.3 Å². The first kappa shape index (κ1) is 16.0. The number of likely N-dealkylation sites (tertiary alicyclic amines) is 1. The first-order chi connectivity index (χ1) is 9.94. The van der Waals surface area contributed by atoms with Gasteiger partial charge in [-0.25, -0.2) is 0 Å². The number of rotatable bonds is 4. The minimum absolute atomic E-state index is 0.123. The molecule has 2 rings (SSSR count). The Morgan fingerprint density at radius 2 is 2.19 bits per heavy atom. The molecular weight excluding hydrogens is 336 g/mol. The highest BCUT2D eigenvalue weighted by Crippen LogP contribution is 2.33. The van der Waals surface area contributed by atoms with Gasteiger partial charge in [0.2, 0.25) is 5.91 Å². The van der Waals surface area contributed by atoms with Crippen molar-refractivity contribution in [3.63, 3.8) is 0 Å². The molecule has 1 aromatic rings. The second-order valence-electron chi connectivity index (χ2n) is 5.33. The van der Waals surface area contributed by atoms with Gasteiger partial charge in [0.05, 0.1) is 12.2 Å². The molecule has 5 nitrogen and oxygen atoms in total. The van der Waals surface area contributed by atoms with Crippen LogP contribution in [0.5, 0.6) is 0 Å². The number of methoxy groups -OCH3 is 1. The molecule has 2 N–H and O–H groups in total. The monoisotopic (exact) mass is 354 g/mol. The quantitative estimate of drug-likeness (QED) is 0.896. The highest BCUT2D eigenvalue weighted by Gasteiger charge is 2.49. The molecule has 1 aromatic carbocycles. The van der Waals surface area contributed by atoms with Crippen LogP contribution in [0.2, 0.25) is 0 Å². The van der Waals surface area contributed by atoms with E-state index in [0.717, 1.165) is 16.5 Å². The van der Waals surface area contributed by atoms with Gasteiger partial charge >= 0.3 is 0 Å². The maximum atomic E-state index is 12.8. The lowest BCUT2D eigenvalue weighted by atomic mass is 9.95. The normalized spacial score (nSPS) is 21.6. The van der Waals surface area contributed by atoms with E-state index >= 15 is 0 Å². The van der Waals surface area contributed by atoms with Gasteiger partial charge in [0.25, 0.3) is 5.91 Å². The fraction of sp³-hybridized carbons (Fsp3) is 0.467. The number of ether oxygens (including phenoxy) is 1. The molecule has 0 aromatic heterocycles. The zero-order valence-corrected chi connectivity index (χ0v) is 13.8. The fourth-order valence-corrected chi connectivity index (χ4v) is 3.28. The Bertz CT molecular complexity index is 576. The highest BCUT2D eigenvalue weighted by atomic mass is 79.9. The fourth-order valence-electron chi connectivity index (χ4n) is 2.85. The lowest BCUT2D eigenvalue weighted by molar-refractivity contribution is -0.130. The van der Waals surface area contributed by atoms with E-state index in [2.05, 4.69) is 15.9 Å². The summed E-state index contributed by atoms with van der Waals surface area (Å²) in [6.45, 7) is 2.55. The average molecular weight is 355 g/mol. The molecule has 114 valence electrons. The molecule has 1 fully saturated rings. The SMILES string of the molecule is COCC1(C(N)=O)CCCN1C(=O)c1cccc(C)c1Br. The Kier molecular flexibility index (Phi) is 4.68. The summed E-state index contributed by atoms with van der Waals surface area (Å²) in [7, 11) is 1.51. The number of amides is 2. The maximum absolute atomic E-state index is 12.8. The molecule has 1 saturated heterocycles. The summed E-state index contributed by atoms with van der Waals surface area (Å²) in [4.78, 5) is 26.3. The Hall–Kier alpha value is -1.40. The van der Waals surface area contributed by atoms with E-state index in [1.807, 2.05) is 19.1 Å². The van der Waals surface area contributed by atoms with Gasteiger partial charge in [-0.1, -0.05) is 12.1 Å². The number of benzene rings is 1. The van der Waals surface area contributed by atoms with Gasteiger partial charge in [-0.05, 0) is 47.3 Å². The van der Waals surface area contributed by atoms with Gasteiger partial charge in [0.1, 0.15) is 5.54 Å². The summed E-state index contributed by atoms with van der Waals surface area (Å²) in [5, 5.41) is 0. The number of halogens is 1. The van der Waals surface area contributed by atoms with E-state index < -0.39 is 11.4 Å².